The van der Waals surface area contributed by atoms with Gasteiger partial charge in [0.2, 0.25) is 17.7 Å². The lowest BCUT2D eigenvalue weighted by atomic mass is 10.0. The molecule has 43 heavy (non-hydrogen) atoms. The third-order valence-electron chi connectivity index (χ3n) is 7.11. The fraction of sp³-hybridized carbons (Fsp3) is 0.250. The van der Waals surface area contributed by atoms with Crippen molar-refractivity contribution in [2.75, 3.05) is 0 Å². The molecule has 11 nitrogen and oxygen atoms in total. The molecule has 0 bridgehead atoms. The third-order valence-corrected chi connectivity index (χ3v) is 7.11. The van der Waals surface area contributed by atoms with Gasteiger partial charge in [-0.25, -0.2) is 0 Å². The number of aromatic nitrogens is 1. The largest absolute Gasteiger partial charge is 0.508 e. The maximum absolute atomic E-state index is 13.7. The Kier molecular flexibility index (Phi) is 10.1. The van der Waals surface area contributed by atoms with Crippen molar-refractivity contribution in [3.8, 4) is 5.75 Å². The predicted molar refractivity (Wildman–Crippen MR) is 161 cm³/mol. The van der Waals surface area contributed by atoms with Crippen molar-refractivity contribution in [2.24, 2.45) is 5.73 Å². The zero-order valence-electron chi connectivity index (χ0n) is 23.6. The first-order valence-corrected chi connectivity index (χ1v) is 13.9. The summed E-state index contributed by atoms with van der Waals surface area (Å²) in [6, 6.07) is 18.4. The van der Waals surface area contributed by atoms with Crippen LogP contribution in [0.5, 0.6) is 5.75 Å². The number of nitrogens with two attached hydrogens (primary N) is 1. The number of aromatic hydroxyl groups is 1. The topological polar surface area (TPSA) is 187 Å². The Morgan fingerprint density at radius 3 is 1.95 bits per heavy atom. The van der Waals surface area contributed by atoms with E-state index in [9.17, 15) is 29.4 Å². The summed E-state index contributed by atoms with van der Waals surface area (Å²) in [5.74, 6) is -3.10. The van der Waals surface area contributed by atoms with Crippen molar-refractivity contribution in [2.45, 2.75) is 50.4 Å². The second kappa shape index (κ2) is 14.1. The van der Waals surface area contributed by atoms with E-state index in [2.05, 4.69) is 20.9 Å². The summed E-state index contributed by atoms with van der Waals surface area (Å²) in [7, 11) is 0. The van der Waals surface area contributed by atoms with Crippen LogP contribution in [0.15, 0.2) is 85.1 Å². The van der Waals surface area contributed by atoms with E-state index >= 15 is 0 Å². The highest BCUT2D eigenvalue weighted by atomic mass is 16.4. The van der Waals surface area contributed by atoms with E-state index in [0.29, 0.717) is 5.56 Å². The number of carboxylic acid groups (broad SMARTS) is 1. The summed E-state index contributed by atoms with van der Waals surface area (Å²) in [6.45, 7) is 1.31. The molecule has 4 rings (SSSR count). The monoisotopic (exact) mass is 585 g/mol. The molecule has 0 fully saturated rings. The number of carboxylic acids is 1. The predicted octanol–water partition coefficient (Wildman–Crippen LogP) is 1.79. The van der Waals surface area contributed by atoms with E-state index in [4.69, 9.17) is 5.73 Å². The van der Waals surface area contributed by atoms with Gasteiger partial charge in [-0.3, -0.25) is 19.2 Å². The third kappa shape index (κ3) is 8.43. The summed E-state index contributed by atoms with van der Waals surface area (Å²) in [6.07, 6.45) is 2.17. The molecule has 0 spiro atoms. The Morgan fingerprint density at radius 2 is 1.30 bits per heavy atom. The van der Waals surface area contributed by atoms with E-state index in [1.165, 1.54) is 19.1 Å². The number of H-pyrrole nitrogens is 1. The Labute approximate surface area is 248 Å². The number of rotatable bonds is 13. The van der Waals surface area contributed by atoms with Gasteiger partial charge in [-0.1, -0.05) is 60.7 Å². The number of aliphatic carboxylic acids is 1. The van der Waals surface area contributed by atoms with E-state index in [1.54, 1.807) is 18.3 Å². The van der Waals surface area contributed by atoms with Crippen molar-refractivity contribution in [1.82, 2.24) is 20.9 Å². The molecule has 3 aromatic carbocycles. The van der Waals surface area contributed by atoms with Crippen molar-refractivity contribution >= 4 is 34.6 Å². The molecule has 8 N–H and O–H groups in total. The first-order valence-electron chi connectivity index (χ1n) is 13.9. The molecule has 4 atom stereocenters. The minimum atomic E-state index is -1.23. The molecule has 0 aliphatic carbocycles. The minimum Gasteiger partial charge on any atom is -0.508 e. The van der Waals surface area contributed by atoms with E-state index in [-0.39, 0.29) is 25.0 Å². The van der Waals surface area contributed by atoms with Crippen LogP contribution in [0.25, 0.3) is 10.9 Å². The lowest BCUT2D eigenvalue weighted by Gasteiger charge is -2.25. The average molecular weight is 586 g/mol. The van der Waals surface area contributed by atoms with Gasteiger partial charge >= 0.3 is 5.97 Å². The van der Waals surface area contributed by atoms with Gasteiger partial charge < -0.3 is 36.9 Å². The fourth-order valence-electron chi connectivity index (χ4n) is 4.69. The number of benzene rings is 3. The van der Waals surface area contributed by atoms with Gasteiger partial charge in [0, 0.05) is 29.9 Å². The lowest BCUT2D eigenvalue weighted by molar-refractivity contribution is -0.141. The number of phenolic OH excluding ortho intramolecular Hbond substituents is 1. The molecule has 0 aliphatic heterocycles. The summed E-state index contributed by atoms with van der Waals surface area (Å²) in [4.78, 5) is 54.6. The molecule has 11 heteroatoms. The Bertz CT molecular complexity index is 1570. The van der Waals surface area contributed by atoms with Gasteiger partial charge in [-0.15, -0.1) is 0 Å². The second-order valence-electron chi connectivity index (χ2n) is 10.4. The highest BCUT2D eigenvalue weighted by Crippen LogP contribution is 2.19. The van der Waals surface area contributed by atoms with Crippen LogP contribution in [0.2, 0.25) is 0 Å². The van der Waals surface area contributed by atoms with Crippen molar-refractivity contribution in [1.29, 1.82) is 0 Å². The molecule has 1 heterocycles. The summed E-state index contributed by atoms with van der Waals surface area (Å²) >= 11 is 0. The number of nitrogens with one attached hydrogen (secondary N) is 4. The molecule has 3 amide bonds. The zero-order chi connectivity index (χ0) is 30.9. The highest BCUT2D eigenvalue weighted by Gasteiger charge is 2.30. The fourth-order valence-corrected chi connectivity index (χ4v) is 4.69. The lowest BCUT2D eigenvalue weighted by Crippen LogP contribution is -2.58. The van der Waals surface area contributed by atoms with Crippen LogP contribution in [-0.2, 0) is 38.4 Å². The van der Waals surface area contributed by atoms with Crippen LogP contribution in [-0.4, -0.2) is 63.1 Å². The Morgan fingerprint density at radius 1 is 0.744 bits per heavy atom. The van der Waals surface area contributed by atoms with Crippen LogP contribution in [0.3, 0.4) is 0 Å². The summed E-state index contributed by atoms with van der Waals surface area (Å²) < 4.78 is 0. The van der Waals surface area contributed by atoms with Gasteiger partial charge in [0.25, 0.3) is 0 Å². The number of amides is 3. The molecule has 0 saturated carbocycles. The smallest absolute Gasteiger partial charge is 0.325 e. The van der Waals surface area contributed by atoms with E-state index < -0.39 is 47.9 Å². The number of aromatic amines is 1. The number of carbonyl (C=O) groups is 4. The summed E-state index contributed by atoms with van der Waals surface area (Å²) in [5, 5.41) is 27.7. The number of hydrogen-bond donors (Lipinski definition) is 7. The molecule has 0 radical (unpaired) electrons. The molecule has 1 aromatic heterocycles. The van der Waals surface area contributed by atoms with E-state index in [1.807, 2.05) is 54.6 Å². The molecular weight excluding hydrogens is 550 g/mol. The first kappa shape index (κ1) is 30.8. The average Bonchev–Trinajstić information content (AvgIpc) is 3.40. The first-order chi connectivity index (χ1) is 20.6. The van der Waals surface area contributed by atoms with Crippen molar-refractivity contribution in [3.05, 3.63) is 102 Å². The van der Waals surface area contributed by atoms with Gasteiger partial charge in [0.1, 0.15) is 23.9 Å². The Balaban J connectivity index is 1.53. The van der Waals surface area contributed by atoms with Gasteiger partial charge in [0.05, 0.1) is 6.04 Å². The summed E-state index contributed by atoms with van der Waals surface area (Å²) in [5.41, 5.74) is 9.46. The van der Waals surface area contributed by atoms with Crippen LogP contribution in [0, 0.1) is 0 Å². The van der Waals surface area contributed by atoms with Crippen molar-refractivity contribution < 1.29 is 29.4 Å². The quantitative estimate of drug-likeness (QED) is 0.125. The Hall–Kier alpha value is -5.16. The van der Waals surface area contributed by atoms with Crippen LogP contribution >= 0.6 is 0 Å². The standard InChI is InChI=1S/C32H35N5O6/c1-19(32(42)43)35-30(40)27(16-21-11-13-23(38)14-12-21)37-31(41)28(15-20-7-3-2-4-8-20)36-29(39)25(33)17-22-18-34-26-10-6-5-9-24(22)26/h2-14,18-19,25,27-28,34,38H,15-17,33H2,1H3,(H,35,40)(H,36,39)(H,37,41)(H,42,43). The zero-order valence-corrected chi connectivity index (χ0v) is 23.6. The van der Waals surface area contributed by atoms with Crippen LogP contribution in [0.1, 0.15) is 23.6 Å². The molecular formula is C32H35N5O6. The second-order valence-corrected chi connectivity index (χ2v) is 10.4. The minimum absolute atomic E-state index is 0.0102. The van der Waals surface area contributed by atoms with Crippen LogP contribution in [0.4, 0.5) is 0 Å². The van der Waals surface area contributed by atoms with Crippen molar-refractivity contribution in [3.63, 3.8) is 0 Å². The molecule has 4 aromatic rings. The number of carbonyl (C=O) groups excluding carboxylic acids is 3. The normalized spacial score (nSPS) is 13.8. The number of para-hydroxylation sites is 1. The maximum Gasteiger partial charge on any atom is 0.325 e. The molecule has 224 valence electrons. The highest BCUT2D eigenvalue weighted by molar-refractivity contribution is 5.94. The van der Waals surface area contributed by atoms with E-state index in [0.717, 1.165) is 22.0 Å². The van der Waals surface area contributed by atoms with Gasteiger partial charge in [0.15, 0.2) is 0 Å². The molecule has 0 saturated heterocycles. The molecule has 4 unspecified atom stereocenters. The van der Waals surface area contributed by atoms with Gasteiger partial charge in [-0.2, -0.15) is 0 Å². The maximum atomic E-state index is 13.7. The van der Waals surface area contributed by atoms with Gasteiger partial charge in [-0.05, 0) is 48.2 Å². The molecule has 0 aliphatic rings. The number of phenols is 1. The van der Waals surface area contributed by atoms with Crippen LogP contribution < -0.4 is 21.7 Å². The number of fused-ring (bicyclic) bond motifs is 1. The number of hydrogen-bond acceptors (Lipinski definition) is 6. The SMILES string of the molecule is CC(NC(=O)C(Cc1ccc(O)cc1)NC(=O)C(Cc1ccccc1)NC(=O)C(N)Cc1c[nH]c2ccccc12)C(=O)O.